The van der Waals surface area contributed by atoms with E-state index >= 15 is 0 Å². The topological polar surface area (TPSA) is 9.72 Å². The van der Waals surface area contributed by atoms with Crippen molar-refractivity contribution in [3.8, 4) is 0 Å². The van der Waals surface area contributed by atoms with Crippen molar-refractivity contribution >= 4 is 102 Å². The molecular weight excluding hydrogens is 326 g/mol. The van der Waals surface area contributed by atoms with E-state index in [1.165, 1.54) is 17.1 Å². The van der Waals surface area contributed by atoms with Crippen LogP contribution in [0.1, 0.15) is 0 Å². The van der Waals surface area contributed by atoms with Crippen LogP contribution in [0, 0.1) is 0 Å². The van der Waals surface area contributed by atoms with Crippen LogP contribution in [-0.4, -0.2) is 66.0 Å². The van der Waals surface area contributed by atoms with Gasteiger partial charge < -0.3 is 10.0 Å². The van der Waals surface area contributed by atoms with E-state index in [1.807, 2.05) is 3.29 Å². The molecule has 0 N–H and O–H groups in total. The second kappa shape index (κ2) is 7.54. The first-order valence-electron chi connectivity index (χ1n) is 6.53. The van der Waals surface area contributed by atoms with Gasteiger partial charge in [0.1, 0.15) is 0 Å². The summed E-state index contributed by atoms with van der Waals surface area (Å²) >= 11 is 8.46. The fourth-order valence-electron chi connectivity index (χ4n) is 2.02. The van der Waals surface area contributed by atoms with Gasteiger partial charge in [0.25, 0.3) is 0 Å². The van der Waals surface area contributed by atoms with Gasteiger partial charge in [-0.2, -0.15) is 0 Å². The van der Waals surface area contributed by atoms with Crippen LogP contribution in [0.25, 0.3) is 0 Å². The minimum absolute atomic E-state index is 0.918. The Hall–Kier alpha value is 0.320. The normalized spacial score (nSPS) is 10.1. The fraction of sp³-hybridized carbons (Fsp3) is 0. The molecule has 98 valence electrons. The number of nitrogens with zero attached hydrogens (tertiary/aromatic N) is 3. The van der Waals surface area contributed by atoms with Crippen LogP contribution in [0.4, 0.5) is 22.7 Å². The minimum atomic E-state index is 0.918. The highest BCUT2D eigenvalue weighted by atomic mass is 32.1. The Morgan fingerprint density at radius 3 is 1.30 bits per heavy atom. The highest BCUT2D eigenvalue weighted by Crippen LogP contribution is 2.26. The van der Waals surface area contributed by atoms with E-state index < -0.39 is 0 Å². The Balaban J connectivity index is 2.19. The quantitative estimate of drug-likeness (QED) is 0.592. The third-order valence-electron chi connectivity index (χ3n) is 3.36. The van der Waals surface area contributed by atoms with Gasteiger partial charge in [-0.05, 0) is 54.2 Å². The molecule has 0 aliphatic carbocycles. The summed E-state index contributed by atoms with van der Waals surface area (Å²) in [7, 11) is 0. The van der Waals surface area contributed by atoms with Crippen molar-refractivity contribution in [2.45, 2.75) is 0 Å². The second-order valence-electron chi connectivity index (χ2n) is 5.01. The van der Waals surface area contributed by atoms with E-state index in [0.717, 1.165) is 71.7 Å². The van der Waals surface area contributed by atoms with Crippen LogP contribution in [0.2, 0.25) is 0 Å². The lowest BCUT2D eigenvalue weighted by molar-refractivity contribution is 1.40. The SMILES string of the molecule is [AlH2][N]([AlH2])c1ccc([N]([AlH2])c2ccc([N]([AlH2])S)cc2)cc1. The molecule has 0 fully saturated rings. The molecule has 0 spiro atoms. The molecule has 0 saturated carbocycles. The molecule has 0 aromatic heterocycles. The van der Waals surface area contributed by atoms with Crippen molar-refractivity contribution in [1.29, 1.82) is 0 Å². The van der Waals surface area contributed by atoms with Crippen LogP contribution in [0.15, 0.2) is 48.5 Å². The van der Waals surface area contributed by atoms with E-state index in [4.69, 9.17) is 0 Å². The van der Waals surface area contributed by atoms with Gasteiger partial charge in [0.05, 0.1) is 0 Å². The summed E-state index contributed by atoms with van der Waals surface area (Å²) < 4.78 is 6.69. The number of benzene rings is 2. The predicted molar refractivity (Wildman–Crippen MR) is 103 cm³/mol. The van der Waals surface area contributed by atoms with E-state index in [2.05, 4.69) is 68.1 Å². The fourth-order valence-corrected chi connectivity index (χ4v) is 3.64. The predicted octanol–water partition coefficient (Wildman–Crippen LogP) is -0.525. The average Bonchev–Trinajstić information content (AvgIpc) is 2.46. The van der Waals surface area contributed by atoms with Gasteiger partial charge in [0, 0.05) is 17.1 Å². The highest BCUT2D eigenvalue weighted by Gasteiger charge is 2.04. The van der Waals surface area contributed by atoms with E-state index in [-0.39, 0.29) is 0 Å². The van der Waals surface area contributed by atoms with Crippen molar-refractivity contribution in [2.24, 2.45) is 0 Å². The highest BCUT2D eigenvalue weighted by molar-refractivity contribution is 7.83. The molecule has 0 amide bonds. The summed E-state index contributed by atoms with van der Waals surface area (Å²) in [6, 6.07) is 17.5. The zero-order valence-corrected chi connectivity index (χ0v) is 21.3. The maximum absolute atomic E-state index is 4.37. The van der Waals surface area contributed by atoms with Gasteiger partial charge in [-0.1, -0.05) is 12.8 Å². The van der Waals surface area contributed by atoms with Crippen LogP contribution >= 0.6 is 12.8 Å². The first-order chi connectivity index (χ1) is 9.49. The van der Waals surface area contributed by atoms with Crippen LogP contribution in [-0.2, 0) is 0 Å². The molecular formula is C12H17Al4N3S. The molecule has 0 radical (unpaired) electrons. The van der Waals surface area contributed by atoms with Gasteiger partial charge in [0.15, 0.2) is 0 Å². The number of thiol groups is 1. The molecule has 2 rings (SSSR count). The smallest absolute Gasteiger partial charge is 0.378 e. The molecule has 0 atom stereocenters. The third kappa shape index (κ3) is 4.17. The molecule has 0 aliphatic rings. The maximum Gasteiger partial charge on any atom is 0.378 e. The number of hydrogen-bond donors (Lipinski definition) is 1. The summed E-state index contributed by atoms with van der Waals surface area (Å²) in [5, 5.41) is 0. The summed E-state index contributed by atoms with van der Waals surface area (Å²) in [5.74, 6) is 0. The van der Waals surface area contributed by atoms with Gasteiger partial charge in [0.2, 0.25) is 0 Å². The number of hydrogen-bond acceptors (Lipinski definition) is 4. The summed E-state index contributed by atoms with van der Waals surface area (Å²) in [4.78, 5) is 0. The summed E-state index contributed by atoms with van der Waals surface area (Å²) in [6.45, 7) is 0. The monoisotopic (exact) mass is 343 g/mol. The zero-order chi connectivity index (χ0) is 14.7. The van der Waals surface area contributed by atoms with E-state index in [1.54, 1.807) is 0 Å². The molecule has 0 aliphatic heterocycles. The van der Waals surface area contributed by atoms with Gasteiger partial charge >= 0.3 is 66.0 Å². The van der Waals surface area contributed by atoms with Crippen molar-refractivity contribution < 1.29 is 0 Å². The lowest BCUT2D eigenvalue weighted by Gasteiger charge is -2.24. The van der Waals surface area contributed by atoms with Crippen molar-refractivity contribution in [3.05, 3.63) is 48.5 Å². The first kappa shape index (κ1) is 16.7. The minimum Gasteiger partial charge on any atom is -0.570 e. The Bertz CT molecular complexity index is 508. The van der Waals surface area contributed by atoms with Gasteiger partial charge in [-0.25, -0.2) is 0 Å². The molecule has 0 saturated heterocycles. The lowest BCUT2D eigenvalue weighted by atomic mass is 10.2. The van der Waals surface area contributed by atoms with Crippen LogP contribution in [0.3, 0.4) is 0 Å². The van der Waals surface area contributed by atoms with Crippen molar-refractivity contribution in [3.63, 3.8) is 0 Å². The zero-order valence-electron chi connectivity index (χ0n) is 12.4. The molecule has 20 heavy (non-hydrogen) atoms. The van der Waals surface area contributed by atoms with Crippen LogP contribution < -0.4 is 10.0 Å². The molecule has 8 heteroatoms. The van der Waals surface area contributed by atoms with Gasteiger partial charge in [-0.15, -0.1) is 0 Å². The molecule has 2 aromatic carbocycles. The molecule has 0 bridgehead atoms. The third-order valence-corrected chi connectivity index (χ3v) is 6.18. The largest absolute Gasteiger partial charge is 0.570 e. The van der Waals surface area contributed by atoms with Crippen molar-refractivity contribution in [1.82, 2.24) is 0 Å². The summed E-state index contributed by atoms with van der Waals surface area (Å²) in [5.41, 5.74) is 5.03. The maximum atomic E-state index is 4.37. The lowest BCUT2D eigenvalue weighted by Crippen LogP contribution is -2.15. The summed E-state index contributed by atoms with van der Waals surface area (Å²) in [6.07, 6.45) is 0. The first-order valence-corrected chi connectivity index (χ1v) is 10.5. The average molecular weight is 343 g/mol. The molecule has 2 aromatic rings. The second-order valence-corrected chi connectivity index (χ2v) is 12.6. The molecule has 0 heterocycles. The van der Waals surface area contributed by atoms with Crippen LogP contribution in [0.5, 0.6) is 0 Å². The van der Waals surface area contributed by atoms with Gasteiger partial charge in [-0.3, -0.25) is 0 Å². The standard InChI is InChI=1S/C12H9N3S.4Al.8H/c13-9-1-3-10(4-2-9)14-11-5-7-12(15-16)8-6-11;;;;;;;;;;;;/h1-8,16H;;;;;;;;;;;;/q-2;;;2*+1;;;;;;;;. The van der Waals surface area contributed by atoms with E-state index in [0.29, 0.717) is 0 Å². The Kier molecular flexibility index (Phi) is 6.29. The van der Waals surface area contributed by atoms with Crippen molar-refractivity contribution in [2.75, 3.05) is 10.0 Å². The number of anilines is 4. The Morgan fingerprint density at radius 1 is 0.600 bits per heavy atom. The van der Waals surface area contributed by atoms with E-state index in [9.17, 15) is 0 Å². The Morgan fingerprint density at radius 2 is 0.950 bits per heavy atom. The Labute approximate surface area is 159 Å². The number of rotatable bonds is 4. The molecule has 0 unspecified atom stereocenters. The molecule has 3 nitrogen and oxygen atoms in total.